The van der Waals surface area contributed by atoms with Crippen LogP contribution in [0.1, 0.15) is 24.7 Å². The van der Waals surface area contributed by atoms with Gasteiger partial charge in [-0.1, -0.05) is 6.07 Å². The van der Waals surface area contributed by atoms with Crippen molar-refractivity contribution >= 4 is 17.5 Å². The fourth-order valence-electron chi connectivity index (χ4n) is 3.16. The van der Waals surface area contributed by atoms with Crippen molar-refractivity contribution in [3.63, 3.8) is 0 Å². The number of carbonyl (C=O) groups is 1. The van der Waals surface area contributed by atoms with E-state index in [4.69, 9.17) is 4.74 Å². The maximum Gasteiger partial charge on any atom is 0.249 e. The lowest BCUT2D eigenvalue weighted by Crippen LogP contribution is -2.14. The maximum atomic E-state index is 12.0. The molecule has 0 bridgehead atoms. The Hall–Kier alpha value is -3.78. The van der Waals surface area contributed by atoms with Crippen LogP contribution in [-0.2, 0) is 4.79 Å². The number of hydrogen-bond donors (Lipinski definition) is 2. The van der Waals surface area contributed by atoms with Gasteiger partial charge in [-0.25, -0.2) is 4.52 Å². The third kappa shape index (κ3) is 3.72. The van der Waals surface area contributed by atoms with Crippen molar-refractivity contribution in [3.05, 3.63) is 72.6 Å². The van der Waals surface area contributed by atoms with E-state index in [0.29, 0.717) is 22.9 Å². The maximum absolute atomic E-state index is 12.0. The number of aliphatic hydroxyl groups is 1. The molecule has 1 fully saturated rings. The predicted molar refractivity (Wildman–Crippen MR) is 110 cm³/mol. The lowest BCUT2D eigenvalue weighted by atomic mass is 10.1. The van der Waals surface area contributed by atoms with Gasteiger partial charge in [-0.15, -0.1) is 5.10 Å². The number of anilines is 1. The number of benzene rings is 1. The second kappa shape index (κ2) is 7.57. The molecule has 150 valence electrons. The highest BCUT2D eigenvalue weighted by Gasteiger charge is 2.30. The van der Waals surface area contributed by atoms with Gasteiger partial charge in [0.2, 0.25) is 18.1 Å². The molecule has 5 rings (SSSR count). The molecule has 0 radical (unpaired) electrons. The summed E-state index contributed by atoms with van der Waals surface area (Å²) < 4.78 is 7.29. The molecule has 3 aromatic heterocycles. The van der Waals surface area contributed by atoms with E-state index in [-0.39, 0.29) is 11.8 Å². The minimum atomic E-state index is -1.10. The lowest BCUT2D eigenvalue weighted by Gasteiger charge is -2.13. The van der Waals surface area contributed by atoms with Gasteiger partial charge < -0.3 is 9.84 Å². The van der Waals surface area contributed by atoms with Crippen molar-refractivity contribution in [2.24, 2.45) is 5.92 Å². The third-order valence-corrected chi connectivity index (χ3v) is 4.91. The average Bonchev–Trinajstić information content (AvgIpc) is 3.55. The molecule has 1 aliphatic rings. The smallest absolute Gasteiger partial charge is 0.249 e. The first-order valence-corrected chi connectivity index (χ1v) is 9.69. The molecule has 1 amide bonds. The van der Waals surface area contributed by atoms with Gasteiger partial charge in [0, 0.05) is 29.4 Å². The fraction of sp³-hybridized carbons (Fsp3) is 0.182. The summed E-state index contributed by atoms with van der Waals surface area (Å²) in [5, 5.41) is 17.4. The first-order chi connectivity index (χ1) is 14.7. The van der Waals surface area contributed by atoms with Crippen molar-refractivity contribution in [2.75, 3.05) is 5.32 Å². The zero-order valence-corrected chi connectivity index (χ0v) is 16.0. The Morgan fingerprint density at radius 2 is 1.97 bits per heavy atom. The molecule has 1 aliphatic carbocycles. The minimum absolute atomic E-state index is 0.0267. The fourth-order valence-corrected chi connectivity index (χ4v) is 3.16. The van der Waals surface area contributed by atoms with Crippen molar-refractivity contribution in [1.82, 2.24) is 19.6 Å². The van der Waals surface area contributed by atoms with Gasteiger partial charge in [0.1, 0.15) is 5.75 Å². The number of rotatable bonds is 6. The van der Waals surface area contributed by atoms with Crippen LogP contribution in [0.4, 0.5) is 5.95 Å². The van der Waals surface area contributed by atoms with Gasteiger partial charge in [0.25, 0.3) is 0 Å². The van der Waals surface area contributed by atoms with E-state index in [2.05, 4.69) is 20.4 Å². The van der Waals surface area contributed by atoms with Crippen molar-refractivity contribution in [1.29, 1.82) is 0 Å². The van der Waals surface area contributed by atoms with Gasteiger partial charge in [0.05, 0.1) is 5.69 Å². The molecular formula is C22H19N5O3. The number of amides is 1. The molecule has 8 nitrogen and oxygen atoms in total. The third-order valence-electron chi connectivity index (χ3n) is 4.91. The normalized spacial score (nSPS) is 14.4. The van der Waals surface area contributed by atoms with Crippen LogP contribution >= 0.6 is 0 Å². The van der Waals surface area contributed by atoms with Crippen LogP contribution in [0.5, 0.6) is 5.75 Å². The Bertz CT molecular complexity index is 1190. The van der Waals surface area contributed by atoms with Gasteiger partial charge in [-0.2, -0.15) is 4.98 Å². The van der Waals surface area contributed by atoms with Crippen LogP contribution in [0.15, 0.2) is 67.0 Å². The minimum Gasteiger partial charge on any atom is -0.461 e. The Kier molecular flexibility index (Phi) is 4.61. The van der Waals surface area contributed by atoms with Gasteiger partial charge >= 0.3 is 0 Å². The highest BCUT2D eigenvalue weighted by molar-refractivity contribution is 5.92. The number of aliphatic hydroxyl groups excluding tert-OH is 1. The Balaban J connectivity index is 1.37. The average molecular weight is 401 g/mol. The monoisotopic (exact) mass is 401 g/mol. The highest BCUT2D eigenvalue weighted by atomic mass is 16.6. The molecule has 4 aromatic rings. The molecule has 1 aromatic carbocycles. The summed E-state index contributed by atoms with van der Waals surface area (Å²) in [5.74, 6) is 0.893. The number of hydrogen-bond acceptors (Lipinski definition) is 6. The van der Waals surface area contributed by atoms with Gasteiger partial charge in [-0.3, -0.25) is 15.1 Å². The molecule has 1 unspecified atom stereocenters. The Labute approximate surface area is 172 Å². The topological polar surface area (TPSA) is 102 Å². The largest absolute Gasteiger partial charge is 0.461 e. The molecule has 1 saturated carbocycles. The quantitative estimate of drug-likeness (QED) is 0.481. The molecule has 0 saturated heterocycles. The van der Waals surface area contributed by atoms with E-state index in [9.17, 15) is 9.90 Å². The Morgan fingerprint density at radius 1 is 1.13 bits per heavy atom. The molecule has 2 N–H and O–H groups in total. The molecule has 8 heteroatoms. The van der Waals surface area contributed by atoms with Crippen LogP contribution in [0.25, 0.3) is 16.9 Å². The molecular weight excluding hydrogens is 382 g/mol. The van der Waals surface area contributed by atoms with Crippen LogP contribution in [0.2, 0.25) is 0 Å². The SMILES string of the molecule is O=C(Nc1nc2cccc(-c3ccc(OC(O)c4cccnc4)cc3)n2n1)C1CC1. The first-order valence-electron chi connectivity index (χ1n) is 9.69. The number of fused-ring (bicyclic) bond motifs is 1. The van der Waals surface area contributed by atoms with E-state index in [1.54, 1.807) is 41.2 Å². The van der Waals surface area contributed by atoms with Crippen molar-refractivity contribution < 1.29 is 14.6 Å². The molecule has 3 heterocycles. The molecule has 1 atom stereocenters. The standard InChI is InChI=1S/C22H19N5O3/c28-20(15-6-7-15)25-22-24-19-5-1-4-18(27(19)26-22)14-8-10-17(11-9-14)30-21(29)16-3-2-12-23-13-16/h1-5,8-13,15,21,29H,6-7H2,(H,25,26,28). The number of nitrogens with zero attached hydrogens (tertiary/aromatic N) is 4. The highest BCUT2D eigenvalue weighted by Crippen LogP contribution is 2.30. The molecule has 0 aliphatic heterocycles. The van der Waals surface area contributed by atoms with E-state index in [0.717, 1.165) is 24.1 Å². The summed E-state index contributed by atoms with van der Waals surface area (Å²) in [7, 11) is 0. The zero-order valence-electron chi connectivity index (χ0n) is 16.0. The molecule has 0 spiro atoms. The first kappa shape index (κ1) is 18.3. The number of nitrogens with one attached hydrogen (secondary N) is 1. The second-order valence-electron chi connectivity index (χ2n) is 7.16. The van der Waals surface area contributed by atoms with Crippen molar-refractivity contribution in [3.8, 4) is 17.0 Å². The summed E-state index contributed by atoms with van der Waals surface area (Å²) in [5.41, 5.74) is 2.95. The molecule has 30 heavy (non-hydrogen) atoms. The number of aromatic nitrogens is 4. The van der Waals surface area contributed by atoms with Gasteiger partial charge in [-0.05, 0) is 61.4 Å². The van der Waals surface area contributed by atoms with Crippen LogP contribution in [0.3, 0.4) is 0 Å². The van der Waals surface area contributed by atoms with E-state index < -0.39 is 6.29 Å². The second-order valence-corrected chi connectivity index (χ2v) is 7.16. The number of pyridine rings is 2. The number of carbonyl (C=O) groups excluding carboxylic acids is 1. The summed E-state index contributed by atoms with van der Waals surface area (Å²) >= 11 is 0. The Morgan fingerprint density at radius 3 is 2.70 bits per heavy atom. The van der Waals surface area contributed by atoms with E-state index in [1.807, 2.05) is 30.3 Å². The summed E-state index contributed by atoms with van der Waals surface area (Å²) in [6, 6.07) is 16.5. The zero-order chi connectivity index (χ0) is 20.5. The van der Waals surface area contributed by atoms with Crippen LogP contribution in [0, 0.1) is 5.92 Å². The van der Waals surface area contributed by atoms with Crippen LogP contribution < -0.4 is 10.1 Å². The lowest BCUT2D eigenvalue weighted by molar-refractivity contribution is -0.117. The predicted octanol–water partition coefficient (Wildman–Crippen LogP) is 3.21. The van der Waals surface area contributed by atoms with Crippen LogP contribution in [-0.4, -0.2) is 30.6 Å². The number of ether oxygens (including phenoxy) is 1. The van der Waals surface area contributed by atoms with Crippen molar-refractivity contribution in [2.45, 2.75) is 19.1 Å². The summed E-state index contributed by atoms with van der Waals surface area (Å²) in [6.45, 7) is 0. The summed E-state index contributed by atoms with van der Waals surface area (Å²) in [4.78, 5) is 20.4. The summed E-state index contributed by atoms with van der Waals surface area (Å²) in [6.07, 6.45) is 3.95. The van der Waals surface area contributed by atoms with Gasteiger partial charge in [0.15, 0.2) is 5.65 Å². The van der Waals surface area contributed by atoms with E-state index in [1.165, 1.54) is 0 Å². The van der Waals surface area contributed by atoms with E-state index >= 15 is 0 Å².